The molecule has 1 aliphatic carbocycles. The van der Waals surface area contributed by atoms with Gasteiger partial charge in [-0.05, 0) is 40.6 Å². The number of hydrogen-bond acceptors (Lipinski definition) is 4. The van der Waals surface area contributed by atoms with Crippen molar-refractivity contribution < 1.29 is 14.3 Å². The average molecular weight is 309 g/mol. The molecule has 4 nitrogen and oxygen atoms in total. The van der Waals surface area contributed by atoms with Crippen molar-refractivity contribution in [1.29, 1.82) is 0 Å². The number of rotatable bonds is 5. The largest absolute Gasteiger partial charge is 0.455 e. The van der Waals surface area contributed by atoms with Gasteiger partial charge < -0.3 is 10.1 Å². The zero-order valence-electron chi connectivity index (χ0n) is 12.6. The summed E-state index contributed by atoms with van der Waals surface area (Å²) in [6.45, 7) is 4.22. The number of amides is 1. The summed E-state index contributed by atoms with van der Waals surface area (Å²) < 4.78 is 5.03. The fraction of sp³-hybridized carbons (Fsp3) is 0.625. The molecule has 0 unspecified atom stereocenters. The Bertz CT molecular complexity index is 472. The van der Waals surface area contributed by atoms with Gasteiger partial charge in [-0.2, -0.15) is 11.3 Å². The first-order valence-corrected chi connectivity index (χ1v) is 8.46. The van der Waals surface area contributed by atoms with Crippen molar-refractivity contribution in [3.05, 3.63) is 22.4 Å². The number of thiophene rings is 1. The third-order valence-corrected chi connectivity index (χ3v) is 5.08. The van der Waals surface area contributed by atoms with Crippen molar-refractivity contribution >= 4 is 23.2 Å². The molecule has 5 heteroatoms. The van der Waals surface area contributed by atoms with Crippen LogP contribution in [0.15, 0.2) is 16.8 Å². The number of ether oxygens (including phenoxy) is 1. The molecular formula is C16H23NO3S. The Balaban J connectivity index is 1.70. The number of nitrogens with one attached hydrogen (secondary N) is 1. The van der Waals surface area contributed by atoms with E-state index in [0.29, 0.717) is 11.8 Å². The van der Waals surface area contributed by atoms with Crippen LogP contribution in [-0.2, 0) is 20.7 Å². The lowest BCUT2D eigenvalue weighted by molar-refractivity contribution is -0.148. The summed E-state index contributed by atoms with van der Waals surface area (Å²) in [5.41, 5.74) is 0.931. The molecule has 0 aromatic carbocycles. The van der Waals surface area contributed by atoms with Crippen LogP contribution in [0.5, 0.6) is 0 Å². The highest BCUT2D eigenvalue weighted by molar-refractivity contribution is 7.07. The summed E-state index contributed by atoms with van der Waals surface area (Å²) in [6, 6.07) is 2.09. The minimum absolute atomic E-state index is 0.180. The summed E-state index contributed by atoms with van der Waals surface area (Å²) in [5.74, 6) is 0.558. The molecular weight excluding hydrogens is 286 g/mol. The zero-order valence-corrected chi connectivity index (χ0v) is 13.4. The Morgan fingerprint density at radius 3 is 2.90 bits per heavy atom. The average Bonchev–Trinajstić information content (AvgIpc) is 2.94. The molecule has 2 rings (SSSR count). The third-order valence-electron chi connectivity index (χ3n) is 4.35. The molecule has 0 radical (unpaired) electrons. The second kappa shape index (κ2) is 7.59. The predicted molar refractivity (Wildman–Crippen MR) is 83.1 cm³/mol. The minimum Gasteiger partial charge on any atom is -0.455 e. The normalized spacial score (nSPS) is 25.3. The Morgan fingerprint density at radius 1 is 1.38 bits per heavy atom. The molecule has 1 fully saturated rings. The Hall–Kier alpha value is -1.36. The van der Waals surface area contributed by atoms with E-state index >= 15 is 0 Å². The molecule has 1 amide bonds. The van der Waals surface area contributed by atoms with Crippen LogP contribution in [0, 0.1) is 11.8 Å². The van der Waals surface area contributed by atoms with Crippen molar-refractivity contribution in [2.24, 2.45) is 11.8 Å². The van der Waals surface area contributed by atoms with Gasteiger partial charge in [-0.25, -0.2) is 0 Å². The highest BCUT2D eigenvalue weighted by Crippen LogP contribution is 2.29. The van der Waals surface area contributed by atoms with Crippen molar-refractivity contribution in [1.82, 2.24) is 5.32 Å². The lowest BCUT2D eigenvalue weighted by Crippen LogP contribution is -2.45. The molecule has 1 heterocycles. The monoisotopic (exact) mass is 309 g/mol. The summed E-state index contributed by atoms with van der Waals surface area (Å²) in [4.78, 5) is 23.5. The molecule has 1 saturated carbocycles. The second-order valence-corrected chi connectivity index (χ2v) is 6.69. The van der Waals surface area contributed by atoms with Gasteiger partial charge in [0.25, 0.3) is 5.91 Å². The van der Waals surface area contributed by atoms with Crippen molar-refractivity contribution in [2.45, 2.75) is 45.6 Å². The summed E-state index contributed by atoms with van der Waals surface area (Å²) in [7, 11) is 0. The number of carbonyl (C=O) groups excluding carboxylic acids is 2. The topological polar surface area (TPSA) is 55.4 Å². The molecule has 1 aromatic rings. The van der Waals surface area contributed by atoms with E-state index in [-0.39, 0.29) is 30.9 Å². The van der Waals surface area contributed by atoms with Gasteiger partial charge in [0.1, 0.15) is 0 Å². The maximum absolute atomic E-state index is 11.9. The van der Waals surface area contributed by atoms with Gasteiger partial charge in [0.15, 0.2) is 6.61 Å². The minimum atomic E-state index is -0.353. The second-order valence-electron chi connectivity index (χ2n) is 5.91. The summed E-state index contributed by atoms with van der Waals surface area (Å²) in [6.07, 6.45) is 3.62. The highest BCUT2D eigenvalue weighted by atomic mass is 32.1. The van der Waals surface area contributed by atoms with E-state index in [2.05, 4.69) is 19.2 Å². The van der Waals surface area contributed by atoms with Gasteiger partial charge in [-0.15, -0.1) is 0 Å². The van der Waals surface area contributed by atoms with Gasteiger partial charge in [-0.3, -0.25) is 9.59 Å². The van der Waals surface area contributed by atoms with E-state index in [1.54, 1.807) is 11.3 Å². The molecule has 0 spiro atoms. The number of hydrogen-bond donors (Lipinski definition) is 1. The van der Waals surface area contributed by atoms with Gasteiger partial charge in [0.2, 0.25) is 0 Å². The van der Waals surface area contributed by atoms with E-state index in [1.165, 1.54) is 6.42 Å². The van der Waals surface area contributed by atoms with Crippen molar-refractivity contribution in [3.63, 3.8) is 0 Å². The predicted octanol–water partition coefficient (Wildman–Crippen LogP) is 2.77. The first-order chi connectivity index (χ1) is 10.1. The van der Waals surface area contributed by atoms with Crippen LogP contribution >= 0.6 is 11.3 Å². The maximum Gasteiger partial charge on any atom is 0.310 e. The first-order valence-electron chi connectivity index (χ1n) is 7.52. The van der Waals surface area contributed by atoms with Crippen LogP contribution in [-0.4, -0.2) is 24.5 Å². The molecule has 1 N–H and O–H groups in total. The number of carbonyl (C=O) groups is 2. The Kier molecular flexibility index (Phi) is 5.79. The van der Waals surface area contributed by atoms with Crippen LogP contribution in [0.1, 0.15) is 38.7 Å². The molecule has 21 heavy (non-hydrogen) atoms. The van der Waals surface area contributed by atoms with Crippen LogP contribution < -0.4 is 5.32 Å². The molecule has 1 aromatic heterocycles. The van der Waals surface area contributed by atoms with E-state index < -0.39 is 0 Å². The third kappa shape index (κ3) is 4.84. The van der Waals surface area contributed by atoms with E-state index in [0.717, 1.165) is 18.4 Å². The van der Waals surface area contributed by atoms with E-state index in [9.17, 15) is 9.59 Å². The molecule has 0 saturated heterocycles. The van der Waals surface area contributed by atoms with Gasteiger partial charge in [0.05, 0.1) is 6.42 Å². The smallest absolute Gasteiger partial charge is 0.310 e. The molecule has 3 atom stereocenters. The Morgan fingerprint density at radius 2 is 2.19 bits per heavy atom. The Labute approximate surface area is 129 Å². The fourth-order valence-electron chi connectivity index (χ4n) is 2.79. The molecule has 0 aliphatic heterocycles. The van der Waals surface area contributed by atoms with Crippen LogP contribution in [0.3, 0.4) is 0 Å². The lowest BCUT2D eigenvalue weighted by atomic mass is 9.78. The first kappa shape index (κ1) is 16.0. The SMILES string of the molecule is C[C@@H]1[C@H](C)CCC[C@@H]1NC(=O)COC(=O)Cc1ccsc1. The fourth-order valence-corrected chi connectivity index (χ4v) is 3.46. The van der Waals surface area contributed by atoms with E-state index in [1.807, 2.05) is 16.8 Å². The number of esters is 1. The standard InChI is InChI=1S/C16H23NO3S/c1-11-4-3-5-14(12(11)2)17-15(18)9-20-16(19)8-13-6-7-21-10-13/h6-7,10-12,14H,3-5,8-9H2,1-2H3,(H,17,18)/t11-,12-,14+/m1/s1. The van der Waals surface area contributed by atoms with Gasteiger partial charge >= 0.3 is 5.97 Å². The quantitative estimate of drug-likeness (QED) is 0.851. The van der Waals surface area contributed by atoms with Crippen molar-refractivity contribution in [3.8, 4) is 0 Å². The highest BCUT2D eigenvalue weighted by Gasteiger charge is 2.28. The van der Waals surface area contributed by atoms with Crippen LogP contribution in [0.4, 0.5) is 0 Å². The maximum atomic E-state index is 11.9. The molecule has 0 bridgehead atoms. The van der Waals surface area contributed by atoms with Crippen molar-refractivity contribution in [2.75, 3.05) is 6.61 Å². The van der Waals surface area contributed by atoms with Gasteiger partial charge in [-0.1, -0.05) is 26.7 Å². The van der Waals surface area contributed by atoms with E-state index in [4.69, 9.17) is 4.74 Å². The van der Waals surface area contributed by atoms with Gasteiger partial charge in [0, 0.05) is 6.04 Å². The van der Waals surface area contributed by atoms with Crippen LogP contribution in [0.25, 0.3) is 0 Å². The molecule has 116 valence electrons. The van der Waals surface area contributed by atoms with Crippen LogP contribution in [0.2, 0.25) is 0 Å². The summed E-state index contributed by atoms with van der Waals surface area (Å²) in [5, 5.41) is 6.83. The summed E-state index contributed by atoms with van der Waals surface area (Å²) >= 11 is 1.54. The molecule has 1 aliphatic rings. The lowest BCUT2D eigenvalue weighted by Gasteiger charge is -2.34. The zero-order chi connectivity index (χ0) is 15.2.